The van der Waals surface area contributed by atoms with Gasteiger partial charge in [0.1, 0.15) is 6.10 Å². The van der Waals surface area contributed by atoms with Crippen LogP contribution in [0.1, 0.15) is 24.8 Å². The van der Waals surface area contributed by atoms with Crippen molar-refractivity contribution in [1.29, 1.82) is 0 Å². The Morgan fingerprint density at radius 2 is 1.86 bits per heavy atom. The van der Waals surface area contributed by atoms with E-state index in [9.17, 15) is 13.2 Å². The van der Waals surface area contributed by atoms with E-state index in [1.165, 1.54) is 10.7 Å². The van der Waals surface area contributed by atoms with Crippen LogP contribution < -0.4 is 4.72 Å². The van der Waals surface area contributed by atoms with E-state index >= 15 is 0 Å². The third-order valence-corrected chi connectivity index (χ3v) is 9.14. The lowest BCUT2D eigenvalue weighted by Gasteiger charge is -2.34. The Balaban J connectivity index is 1.34. The maximum atomic E-state index is 13.4. The number of likely N-dealkylation sites (tertiary alicyclic amines) is 1. The highest BCUT2D eigenvalue weighted by Gasteiger charge is 2.62. The molecule has 2 aromatic carbocycles. The van der Waals surface area contributed by atoms with Gasteiger partial charge in [0.25, 0.3) is 15.9 Å². The first-order chi connectivity index (χ1) is 17.3. The summed E-state index contributed by atoms with van der Waals surface area (Å²) in [5.41, 5.74) is 3.03. The van der Waals surface area contributed by atoms with Crippen LogP contribution in [0.3, 0.4) is 0 Å². The summed E-state index contributed by atoms with van der Waals surface area (Å²) in [6.45, 7) is 1.14. The quantitative estimate of drug-likeness (QED) is 0.532. The first kappa shape index (κ1) is 23.4. The Morgan fingerprint density at radius 3 is 2.50 bits per heavy atom. The molecule has 8 nitrogen and oxygen atoms in total. The molecule has 2 aliphatic heterocycles. The van der Waals surface area contributed by atoms with E-state index in [-0.39, 0.29) is 22.4 Å². The maximum Gasteiger partial charge on any atom is 0.260 e. The fourth-order valence-electron chi connectivity index (χ4n) is 5.58. The van der Waals surface area contributed by atoms with Crippen LogP contribution in [0.2, 0.25) is 0 Å². The summed E-state index contributed by atoms with van der Waals surface area (Å²) >= 11 is 0. The molecule has 3 aromatic rings. The molecule has 2 saturated heterocycles. The van der Waals surface area contributed by atoms with Gasteiger partial charge in [-0.3, -0.25) is 9.48 Å². The number of aryl methyl sites for hydroxylation is 1. The molecule has 0 radical (unpaired) electrons. The number of nitrogens with one attached hydrogen (secondary N) is 1. The monoisotopic (exact) mass is 506 g/mol. The number of carbonyl (C=O) groups excluding carboxylic acids is 1. The number of amides is 1. The summed E-state index contributed by atoms with van der Waals surface area (Å²) < 4.78 is 36.6. The van der Waals surface area contributed by atoms with Crippen molar-refractivity contribution in [1.82, 2.24) is 19.4 Å². The van der Waals surface area contributed by atoms with Gasteiger partial charge in [-0.05, 0) is 42.0 Å². The third kappa shape index (κ3) is 4.25. The molecule has 3 fully saturated rings. The van der Waals surface area contributed by atoms with Gasteiger partial charge in [0.05, 0.1) is 18.7 Å². The minimum absolute atomic E-state index is 0.00210. The van der Waals surface area contributed by atoms with Crippen LogP contribution >= 0.6 is 0 Å². The Labute approximate surface area is 211 Å². The summed E-state index contributed by atoms with van der Waals surface area (Å²) in [4.78, 5) is 15.3. The second kappa shape index (κ2) is 8.83. The first-order valence-corrected chi connectivity index (χ1v) is 13.9. The van der Waals surface area contributed by atoms with Crippen molar-refractivity contribution in [2.45, 2.75) is 48.9 Å². The molecule has 1 saturated carbocycles. The van der Waals surface area contributed by atoms with Crippen molar-refractivity contribution in [3.05, 3.63) is 72.4 Å². The zero-order valence-electron chi connectivity index (χ0n) is 20.2. The standard InChI is InChI=1S/C27H30N4O4S/c1-30-14-10-24(28-30)36(33,34)29-25-22(31(18-27(25)12-13-27)26(32)23-11-15-35-23)17-19-6-5-9-21(16-19)20-7-3-2-4-8-20/h2-10,14,16,22-23,25,29H,11-13,15,17-18H2,1H3/t22-,23?,25+/m0/s1. The number of benzene rings is 2. The van der Waals surface area contributed by atoms with Gasteiger partial charge in [0.15, 0.2) is 5.03 Å². The number of hydrogen-bond donors (Lipinski definition) is 1. The van der Waals surface area contributed by atoms with Crippen molar-refractivity contribution in [3.63, 3.8) is 0 Å². The van der Waals surface area contributed by atoms with Crippen LogP contribution in [-0.2, 0) is 33.0 Å². The molecule has 1 amide bonds. The topological polar surface area (TPSA) is 93.5 Å². The van der Waals surface area contributed by atoms with E-state index in [1.54, 1.807) is 13.2 Å². The van der Waals surface area contributed by atoms with Crippen molar-refractivity contribution >= 4 is 15.9 Å². The molecule has 36 heavy (non-hydrogen) atoms. The summed E-state index contributed by atoms with van der Waals surface area (Å²) in [6.07, 6.45) is 4.23. The number of sulfonamides is 1. The average Bonchev–Trinajstić information content (AvgIpc) is 3.39. The highest BCUT2D eigenvalue weighted by atomic mass is 32.2. The molecule has 3 atom stereocenters. The summed E-state index contributed by atoms with van der Waals surface area (Å²) in [5.74, 6) is -0.0312. The predicted molar refractivity (Wildman–Crippen MR) is 134 cm³/mol. The number of rotatable bonds is 7. The lowest BCUT2D eigenvalue weighted by Crippen LogP contribution is -2.53. The molecule has 1 unspecified atom stereocenters. The van der Waals surface area contributed by atoms with Gasteiger partial charge in [-0.25, -0.2) is 13.1 Å². The molecule has 1 aromatic heterocycles. The number of carbonyl (C=O) groups is 1. The fourth-order valence-corrected chi connectivity index (χ4v) is 6.91. The van der Waals surface area contributed by atoms with Crippen LogP contribution in [0, 0.1) is 5.41 Å². The van der Waals surface area contributed by atoms with Crippen LogP contribution in [0.4, 0.5) is 0 Å². The third-order valence-electron chi connectivity index (χ3n) is 7.81. The van der Waals surface area contributed by atoms with E-state index in [4.69, 9.17) is 4.74 Å². The van der Waals surface area contributed by atoms with Crippen LogP contribution in [0.5, 0.6) is 0 Å². The second-order valence-electron chi connectivity index (χ2n) is 10.2. The molecule has 3 aliphatic rings. The molecule has 1 N–H and O–H groups in total. The molecule has 0 bridgehead atoms. The molecule has 1 spiro atoms. The van der Waals surface area contributed by atoms with Crippen LogP contribution in [0.25, 0.3) is 11.1 Å². The van der Waals surface area contributed by atoms with Crippen LogP contribution in [0.15, 0.2) is 71.9 Å². The van der Waals surface area contributed by atoms with Gasteiger partial charge in [-0.1, -0.05) is 54.6 Å². The maximum absolute atomic E-state index is 13.4. The molecule has 1 aliphatic carbocycles. The Kier molecular flexibility index (Phi) is 5.74. The molecular weight excluding hydrogens is 476 g/mol. The lowest BCUT2D eigenvalue weighted by molar-refractivity contribution is -0.157. The second-order valence-corrected chi connectivity index (χ2v) is 11.9. The van der Waals surface area contributed by atoms with Gasteiger partial charge in [-0.15, -0.1) is 0 Å². The number of ether oxygens (including phenoxy) is 1. The van der Waals surface area contributed by atoms with Gasteiger partial charge < -0.3 is 9.64 Å². The van der Waals surface area contributed by atoms with Crippen molar-refractivity contribution in [2.24, 2.45) is 12.5 Å². The lowest BCUT2D eigenvalue weighted by atomic mass is 9.91. The van der Waals surface area contributed by atoms with Crippen molar-refractivity contribution in [2.75, 3.05) is 13.2 Å². The fraction of sp³-hybridized carbons (Fsp3) is 0.407. The van der Waals surface area contributed by atoms with E-state index in [1.807, 2.05) is 29.2 Å². The smallest absolute Gasteiger partial charge is 0.260 e. The SMILES string of the molecule is Cn1ccc(S(=O)(=O)N[C@@H]2[C@H](Cc3cccc(-c4ccccc4)c3)N(C(=O)C3CCO3)CC23CC3)n1. The summed E-state index contributed by atoms with van der Waals surface area (Å²) in [7, 11) is -2.15. The summed E-state index contributed by atoms with van der Waals surface area (Å²) in [5, 5.41) is 4.12. The normalized spacial score (nSPS) is 24.6. The van der Waals surface area contributed by atoms with Gasteiger partial charge in [0, 0.05) is 31.6 Å². The molecule has 9 heteroatoms. The van der Waals surface area contributed by atoms with E-state index < -0.39 is 22.2 Å². The van der Waals surface area contributed by atoms with E-state index in [0.29, 0.717) is 26.0 Å². The van der Waals surface area contributed by atoms with Crippen molar-refractivity contribution in [3.8, 4) is 11.1 Å². The van der Waals surface area contributed by atoms with Crippen molar-refractivity contribution < 1.29 is 17.9 Å². The van der Waals surface area contributed by atoms with Gasteiger partial charge in [-0.2, -0.15) is 5.10 Å². The Morgan fingerprint density at radius 1 is 1.11 bits per heavy atom. The number of nitrogens with zero attached hydrogens (tertiary/aromatic N) is 3. The molecule has 188 valence electrons. The van der Waals surface area contributed by atoms with Crippen LogP contribution in [-0.4, -0.2) is 60.3 Å². The largest absolute Gasteiger partial charge is 0.368 e. The van der Waals surface area contributed by atoms with Gasteiger partial charge in [0.2, 0.25) is 0 Å². The van der Waals surface area contributed by atoms with E-state index in [0.717, 1.165) is 29.5 Å². The highest BCUT2D eigenvalue weighted by Crippen LogP contribution is 2.56. The highest BCUT2D eigenvalue weighted by molar-refractivity contribution is 7.89. The molecule has 3 heterocycles. The van der Waals surface area contributed by atoms with E-state index in [2.05, 4.69) is 40.2 Å². The number of aromatic nitrogens is 2. The first-order valence-electron chi connectivity index (χ1n) is 12.4. The zero-order valence-corrected chi connectivity index (χ0v) is 21.0. The number of hydrogen-bond acceptors (Lipinski definition) is 5. The molecule has 6 rings (SSSR count). The minimum atomic E-state index is -3.84. The van der Waals surface area contributed by atoms with Gasteiger partial charge >= 0.3 is 0 Å². The Bertz CT molecular complexity index is 1380. The summed E-state index contributed by atoms with van der Waals surface area (Å²) in [6, 6.07) is 19.2. The Hall–Kier alpha value is -3.01. The minimum Gasteiger partial charge on any atom is -0.368 e. The predicted octanol–water partition coefficient (Wildman–Crippen LogP) is 2.76. The average molecular weight is 507 g/mol. The zero-order chi connectivity index (χ0) is 24.9. The molecular formula is C27H30N4O4S.